The highest BCUT2D eigenvalue weighted by Crippen LogP contribution is 2.24. The van der Waals surface area contributed by atoms with E-state index in [0.29, 0.717) is 24.2 Å². The Morgan fingerprint density at radius 3 is 2.17 bits per heavy atom. The number of aryl methyl sites for hydroxylation is 1. The molecular formula is C30H34N4O5S. The van der Waals surface area contributed by atoms with Crippen LogP contribution in [0, 0.1) is 12.8 Å². The molecule has 40 heavy (non-hydrogen) atoms. The normalized spacial score (nSPS) is 14.9. The van der Waals surface area contributed by atoms with Gasteiger partial charge in [0.15, 0.2) is 0 Å². The SMILES string of the molecule is COc1ccc(CC(=O)Nc2ccc(/C(C)=N/NC(=O)C3CCN(S(=O)(=O)c4ccc(C)cc4)CC3)cc2)cc1. The number of ether oxygens (including phenoxy) is 1. The van der Waals surface area contributed by atoms with E-state index in [-0.39, 0.29) is 42.1 Å². The third kappa shape index (κ3) is 7.34. The number of hydrazone groups is 1. The Morgan fingerprint density at radius 2 is 1.57 bits per heavy atom. The van der Waals surface area contributed by atoms with Crippen LogP contribution in [0.5, 0.6) is 5.75 Å². The Balaban J connectivity index is 1.26. The van der Waals surface area contributed by atoms with Gasteiger partial charge in [0, 0.05) is 24.7 Å². The summed E-state index contributed by atoms with van der Waals surface area (Å²) in [7, 11) is -1.98. The molecule has 4 rings (SSSR count). The molecule has 9 nitrogen and oxygen atoms in total. The van der Waals surface area contributed by atoms with Gasteiger partial charge in [-0.3, -0.25) is 9.59 Å². The van der Waals surface area contributed by atoms with Crippen molar-refractivity contribution in [3.05, 3.63) is 89.5 Å². The highest BCUT2D eigenvalue weighted by Gasteiger charge is 2.32. The van der Waals surface area contributed by atoms with Crippen LogP contribution in [0.3, 0.4) is 0 Å². The summed E-state index contributed by atoms with van der Waals surface area (Å²) in [5.74, 6) is 0.0643. The standard InChI is InChI=1S/C30H34N4O5S/c1-21-4-14-28(15-5-21)40(37,38)34-18-16-25(17-19-34)30(36)33-32-22(2)24-8-10-26(11-9-24)31-29(35)20-23-6-12-27(39-3)13-7-23/h4-15,25H,16-20H2,1-3H3,(H,31,35)(H,33,36)/b32-22+. The highest BCUT2D eigenvalue weighted by molar-refractivity contribution is 7.89. The van der Waals surface area contributed by atoms with Crippen molar-refractivity contribution in [2.45, 2.75) is 38.0 Å². The summed E-state index contributed by atoms with van der Waals surface area (Å²) >= 11 is 0. The molecule has 3 aromatic carbocycles. The molecule has 0 radical (unpaired) electrons. The lowest BCUT2D eigenvalue weighted by molar-refractivity contribution is -0.126. The zero-order valence-corrected chi connectivity index (χ0v) is 23.7. The number of nitrogens with zero attached hydrogens (tertiary/aromatic N) is 2. The van der Waals surface area contributed by atoms with Crippen molar-refractivity contribution in [2.24, 2.45) is 11.0 Å². The third-order valence-corrected chi connectivity index (χ3v) is 8.84. The van der Waals surface area contributed by atoms with E-state index < -0.39 is 10.0 Å². The minimum Gasteiger partial charge on any atom is -0.497 e. The largest absolute Gasteiger partial charge is 0.497 e. The maximum atomic E-state index is 12.9. The zero-order valence-electron chi connectivity index (χ0n) is 22.9. The van der Waals surface area contributed by atoms with Crippen LogP contribution in [0.2, 0.25) is 0 Å². The smallest absolute Gasteiger partial charge is 0.243 e. The molecule has 0 atom stereocenters. The molecule has 0 saturated carbocycles. The molecule has 2 N–H and O–H groups in total. The van der Waals surface area contributed by atoms with Gasteiger partial charge in [-0.15, -0.1) is 0 Å². The molecule has 1 heterocycles. The Labute approximate surface area is 235 Å². The number of carbonyl (C=O) groups is 2. The molecule has 3 aromatic rings. The number of anilines is 1. The molecule has 0 spiro atoms. The van der Waals surface area contributed by atoms with Crippen molar-refractivity contribution in [1.82, 2.24) is 9.73 Å². The zero-order chi connectivity index (χ0) is 28.7. The fourth-order valence-corrected chi connectivity index (χ4v) is 5.91. The van der Waals surface area contributed by atoms with E-state index in [1.54, 1.807) is 50.4 Å². The summed E-state index contributed by atoms with van der Waals surface area (Å²) in [6.45, 7) is 4.26. The molecule has 1 saturated heterocycles. The van der Waals surface area contributed by atoms with Crippen molar-refractivity contribution in [3.63, 3.8) is 0 Å². The fourth-order valence-electron chi connectivity index (χ4n) is 4.44. The first-order valence-electron chi connectivity index (χ1n) is 13.1. The van der Waals surface area contributed by atoms with Gasteiger partial charge in [-0.25, -0.2) is 13.8 Å². The van der Waals surface area contributed by atoms with Gasteiger partial charge in [0.2, 0.25) is 21.8 Å². The van der Waals surface area contributed by atoms with Crippen LogP contribution >= 0.6 is 0 Å². The van der Waals surface area contributed by atoms with E-state index in [4.69, 9.17) is 4.74 Å². The van der Waals surface area contributed by atoms with Crippen molar-refractivity contribution in [2.75, 3.05) is 25.5 Å². The van der Waals surface area contributed by atoms with Crippen LogP contribution in [0.25, 0.3) is 0 Å². The number of piperidine rings is 1. The average molecular weight is 563 g/mol. The number of nitrogens with one attached hydrogen (secondary N) is 2. The number of carbonyl (C=O) groups excluding carboxylic acids is 2. The van der Waals surface area contributed by atoms with E-state index >= 15 is 0 Å². The second-order valence-corrected chi connectivity index (χ2v) is 11.8. The van der Waals surface area contributed by atoms with Crippen LogP contribution < -0.4 is 15.5 Å². The van der Waals surface area contributed by atoms with Gasteiger partial charge < -0.3 is 10.1 Å². The van der Waals surface area contributed by atoms with Gasteiger partial charge >= 0.3 is 0 Å². The summed E-state index contributed by atoms with van der Waals surface area (Å²) in [6.07, 6.45) is 1.10. The van der Waals surface area contributed by atoms with Gasteiger partial charge in [-0.2, -0.15) is 9.41 Å². The number of benzene rings is 3. The molecule has 210 valence electrons. The minimum absolute atomic E-state index is 0.131. The van der Waals surface area contributed by atoms with E-state index in [2.05, 4.69) is 15.8 Å². The first-order valence-corrected chi connectivity index (χ1v) is 14.5. The maximum absolute atomic E-state index is 12.9. The molecule has 0 aromatic heterocycles. The molecule has 0 unspecified atom stereocenters. The predicted octanol–water partition coefficient (Wildman–Crippen LogP) is 4.13. The predicted molar refractivity (Wildman–Crippen MR) is 155 cm³/mol. The lowest BCUT2D eigenvalue weighted by Gasteiger charge is -2.30. The van der Waals surface area contributed by atoms with Crippen molar-refractivity contribution >= 4 is 33.2 Å². The van der Waals surface area contributed by atoms with E-state index in [1.165, 1.54) is 4.31 Å². The average Bonchev–Trinajstić information content (AvgIpc) is 2.96. The van der Waals surface area contributed by atoms with Crippen LogP contribution in [0.1, 0.15) is 36.5 Å². The molecule has 2 amide bonds. The Hall–Kier alpha value is -4.02. The summed E-state index contributed by atoms with van der Waals surface area (Å²) in [6, 6.07) is 21.3. The second kappa shape index (κ2) is 12.9. The fraction of sp³-hybridized carbons (Fsp3) is 0.300. The van der Waals surface area contributed by atoms with Gasteiger partial charge in [0.25, 0.3) is 0 Å². The summed E-state index contributed by atoms with van der Waals surface area (Å²) < 4.78 is 32.4. The van der Waals surface area contributed by atoms with Gasteiger partial charge in [0.05, 0.1) is 24.1 Å². The number of sulfonamides is 1. The maximum Gasteiger partial charge on any atom is 0.243 e. The topological polar surface area (TPSA) is 117 Å². The van der Waals surface area contributed by atoms with E-state index in [0.717, 1.165) is 22.4 Å². The van der Waals surface area contributed by atoms with Crippen molar-refractivity contribution in [3.8, 4) is 5.75 Å². The molecule has 1 fully saturated rings. The number of rotatable bonds is 9. The number of hydrogen-bond acceptors (Lipinski definition) is 6. The minimum atomic E-state index is -3.58. The molecule has 1 aliphatic rings. The molecule has 1 aliphatic heterocycles. The van der Waals surface area contributed by atoms with Crippen LogP contribution in [-0.4, -0.2) is 50.4 Å². The lowest BCUT2D eigenvalue weighted by atomic mass is 9.98. The van der Waals surface area contributed by atoms with Crippen LogP contribution in [0.4, 0.5) is 5.69 Å². The number of methoxy groups -OCH3 is 1. The Kier molecular flexibility index (Phi) is 9.34. The van der Waals surface area contributed by atoms with E-state index in [9.17, 15) is 18.0 Å². The molecule has 0 bridgehead atoms. The second-order valence-electron chi connectivity index (χ2n) is 9.82. The molecule has 10 heteroatoms. The Bertz CT molecular complexity index is 1460. The quantitative estimate of drug-likeness (QED) is 0.301. The first kappa shape index (κ1) is 29.0. The summed E-state index contributed by atoms with van der Waals surface area (Å²) in [5.41, 5.74) is 6.57. The molecular weight excluding hydrogens is 528 g/mol. The number of amides is 2. The first-order chi connectivity index (χ1) is 19.2. The third-order valence-electron chi connectivity index (χ3n) is 6.93. The van der Waals surface area contributed by atoms with Crippen molar-refractivity contribution in [1.29, 1.82) is 0 Å². The van der Waals surface area contributed by atoms with Crippen LogP contribution in [-0.2, 0) is 26.0 Å². The van der Waals surface area contributed by atoms with Gasteiger partial charge in [-0.05, 0) is 74.2 Å². The van der Waals surface area contributed by atoms with Gasteiger partial charge in [-0.1, -0.05) is 42.0 Å². The number of hydrogen-bond donors (Lipinski definition) is 2. The monoisotopic (exact) mass is 562 g/mol. The van der Waals surface area contributed by atoms with Gasteiger partial charge in [0.1, 0.15) is 5.75 Å². The lowest BCUT2D eigenvalue weighted by Crippen LogP contribution is -2.42. The highest BCUT2D eigenvalue weighted by atomic mass is 32.2. The molecule has 0 aliphatic carbocycles. The Morgan fingerprint density at radius 1 is 0.950 bits per heavy atom. The summed E-state index contributed by atoms with van der Waals surface area (Å²) in [5, 5.41) is 7.12. The van der Waals surface area contributed by atoms with E-state index in [1.807, 2.05) is 43.3 Å². The summed E-state index contributed by atoms with van der Waals surface area (Å²) in [4.78, 5) is 25.4. The van der Waals surface area contributed by atoms with Crippen LogP contribution in [0.15, 0.2) is 82.8 Å². The van der Waals surface area contributed by atoms with Crippen molar-refractivity contribution < 1.29 is 22.7 Å².